The molecular weight excluding hydrogens is 321 g/mol. The molecule has 0 aliphatic heterocycles. The fourth-order valence-corrected chi connectivity index (χ4v) is 2.63. The Morgan fingerprint density at radius 3 is 2.48 bits per heavy atom. The lowest BCUT2D eigenvalue weighted by Crippen LogP contribution is -2.41. The summed E-state index contributed by atoms with van der Waals surface area (Å²) in [6.07, 6.45) is 0. The number of carbonyl (C=O) groups excluding carboxylic acids is 1. The van der Waals surface area contributed by atoms with E-state index in [1.54, 1.807) is 18.7 Å². The van der Waals surface area contributed by atoms with Crippen LogP contribution in [-0.2, 0) is 17.9 Å². The fraction of sp³-hybridized carbons (Fsp3) is 0.350. The van der Waals surface area contributed by atoms with Crippen LogP contribution in [-0.4, -0.2) is 35.2 Å². The Kier molecular flexibility index (Phi) is 6.28. The monoisotopic (exact) mass is 345 g/mol. The van der Waals surface area contributed by atoms with Gasteiger partial charge in [-0.25, -0.2) is 4.39 Å². The van der Waals surface area contributed by atoms with Gasteiger partial charge in [-0.2, -0.15) is 0 Å². The lowest BCUT2D eigenvalue weighted by atomic mass is 10.1. The average molecular weight is 345 g/mol. The zero-order valence-electron chi connectivity index (χ0n) is 14.8. The van der Waals surface area contributed by atoms with Crippen LogP contribution in [0.4, 0.5) is 4.39 Å². The van der Waals surface area contributed by atoms with Gasteiger partial charge in [0.1, 0.15) is 5.82 Å². The van der Waals surface area contributed by atoms with Gasteiger partial charge in [-0.05, 0) is 37.6 Å². The van der Waals surface area contributed by atoms with Gasteiger partial charge in [0.05, 0.1) is 12.2 Å². The van der Waals surface area contributed by atoms with Crippen molar-refractivity contribution in [1.82, 2.24) is 4.90 Å². The summed E-state index contributed by atoms with van der Waals surface area (Å²) >= 11 is 0. The van der Waals surface area contributed by atoms with Crippen LogP contribution in [0, 0.1) is 5.82 Å². The van der Waals surface area contributed by atoms with Crippen LogP contribution in [0.5, 0.6) is 0 Å². The van der Waals surface area contributed by atoms with Gasteiger partial charge in [0.2, 0.25) is 0 Å². The molecule has 0 fully saturated rings. The SMILES string of the molecule is COCc1cc(C(=O)N(Cc2ccccc2)CC(C)(C)O)ccc1F. The molecule has 5 heteroatoms. The van der Waals surface area contributed by atoms with E-state index in [0.717, 1.165) is 5.56 Å². The van der Waals surface area contributed by atoms with Crippen LogP contribution >= 0.6 is 0 Å². The molecule has 134 valence electrons. The molecule has 0 bridgehead atoms. The minimum atomic E-state index is -1.04. The van der Waals surface area contributed by atoms with Crippen molar-refractivity contribution < 1.29 is 19.0 Å². The molecule has 25 heavy (non-hydrogen) atoms. The Balaban J connectivity index is 2.29. The summed E-state index contributed by atoms with van der Waals surface area (Å²) in [4.78, 5) is 14.5. The molecule has 0 saturated heterocycles. The van der Waals surface area contributed by atoms with E-state index in [9.17, 15) is 14.3 Å². The maximum atomic E-state index is 13.8. The fourth-order valence-electron chi connectivity index (χ4n) is 2.63. The van der Waals surface area contributed by atoms with E-state index in [-0.39, 0.29) is 19.1 Å². The molecule has 1 N–H and O–H groups in total. The highest BCUT2D eigenvalue weighted by atomic mass is 19.1. The van der Waals surface area contributed by atoms with E-state index in [4.69, 9.17) is 4.74 Å². The first kappa shape index (κ1) is 19.1. The molecule has 0 spiro atoms. The normalized spacial score (nSPS) is 11.4. The third-order valence-electron chi connectivity index (χ3n) is 3.67. The second-order valence-corrected chi connectivity index (χ2v) is 6.70. The third kappa shape index (κ3) is 5.66. The smallest absolute Gasteiger partial charge is 0.254 e. The van der Waals surface area contributed by atoms with Crippen molar-refractivity contribution in [3.63, 3.8) is 0 Å². The van der Waals surface area contributed by atoms with Crippen LogP contribution in [0.2, 0.25) is 0 Å². The van der Waals surface area contributed by atoms with E-state index in [0.29, 0.717) is 17.7 Å². The number of methoxy groups -OCH3 is 1. The van der Waals surface area contributed by atoms with Crippen molar-refractivity contribution >= 4 is 5.91 Å². The molecule has 0 atom stereocenters. The van der Waals surface area contributed by atoms with Crippen LogP contribution in [0.25, 0.3) is 0 Å². The Morgan fingerprint density at radius 2 is 1.88 bits per heavy atom. The summed E-state index contributed by atoms with van der Waals surface area (Å²) in [5.41, 5.74) is 0.615. The molecule has 0 unspecified atom stereocenters. The third-order valence-corrected chi connectivity index (χ3v) is 3.67. The first-order chi connectivity index (χ1) is 11.8. The lowest BCUT2D eigenvalue weighted by Gasteiger charge is -2.29. The maximum Gasteiger partial charge on any atom is 0.254 e. The number of nitrogens with zero attached hydrogens (tertiary/aromatic N) is 1. The lowest BCUT2D eigenvalue weighted by molar-refractivity contribution is 0.0280. The minimum Gasteiger partial charge on any atom is -0.389 e. The Morgan fingerprint density at radius 1 is 1.20 bits per heavy atom. The zero-order chi connectivity index (χ0) is 18.4. The van der Waals surface area contributed by atoms with Crippen molar-refractivity contribution in [2.45, 2.75) is 32.6 Å². The predicted octanol–water partition coefficient (Wildman–Crippen LogP) is 3.39. The predicted molar refractivity (Wildman–Crippen MR) is 94.6 cm³/mol. The van der Waals surface area contributed by atoms with Gasteiger partial charge in [-0.3, -0.25) is 4.79 Å². The Hall–Kier alpha value is -2.24. The molecule has 0 radical (unpaired) electrons. The molecule has 2 rings (SSSR count). The number of halogens is 1. The van der Waals surface area contributed by atoms with E-state index < -0.39 is 11.4 Å². The maximum absolute atomic E-state index is 13.8. The molecule has 2 aromatic carbocycles. The zero-order valence-corrected chi connectivity index (χ0v) is 14.8. The van der Waals surface area contributed by atoms with Crippen molar-refractivity contribution in [2.75, 3.05) is 13.7 Å². The van der Waals surface area contributed by atoms with Gasteiger partial charge in [0.15, 0.2) is 0 Å². The molecule has 0 aliphatic rings. The second-order valence-electron chi connectivity index (χ2n) is 6.70. The van der Waals surface area contributed by atoms with Gasteiger partial charge in [-0.15, -0.1) is 0 Å². The van der Waals surface area contributed by atoms with Crippen LogP contribution in [0.15, 0.2) is 48.5 Å². The minimum absolute atomic E-state index is 0.0944. The molecule has 4 nitrogen and oxygen atoms in total. The van der Waals surface area contributed by atoms with E-state index in [1.165, 1.54) is 25.3 Å². The molecule has 0 heterocycles. The van der Waals surface area contributed by atoms with Gasteiger partial charge >= 0.3 is 0 Å². The number of benzene rings is 2. The summed E-state index contributed by atoms with van der Waals surface area (Å²) in [5.74, 6) is -0.668. The number of carbonyl (C=O) groups is 1. The highest BCUT2D eigenvalue weighted by molar-refractivity contribution is 5.94. The molecule has 0 aromatic heterocycles. The number of ether oxygens (including phenoxy) is 1. The van der Waals surface area contributed by atoms with Crippen molar-refractivity contribution in [2.24, 2.45) is 0 Å². The van der Waals surface area contributed by atoms with Crippen molar-refractivity contribution in [1.29, 1.82) is 0 Å². The van der Waals surface area contributed by atoms with Crippen LogP contribution < -0.4 is 0 Å². The van der Waals surface area contributed by atoms with Gasteiger partial charge in [0, 0.05) is 31.3 Å². The summed E-state index contributed by atoms with van der Waals surface area (Å²) in [7, 11) is 1.48. The highest BCUT2D eigenvalue weighted by Gasteiger charge is 2.24. The quantitative estimate of drug-likeness (QED) is 0.837. The number of aliphatic hydroxyl groups is 1. The van der Waals surface area contributed by atoms with E-state index >= 15 is 0 Å². The van der Waals surface area contributed by atoms with E-state index in [2.05, 4.69) is 0 Å². The Bertz CT molecular complexity index is 711. The first-order valence-corrected chi connectivity index (χ1v) is 8.13. The standard InChI is InChI=1S/C20H24FNO3/c1-20(2,24)14-22(12-15-7-5-4-6-8-15)19(23)16-9-10-18(21)17(11-16)13-25-3/h4-11,24H,12-14H2,1-3H3. The summed E-state index contributed by atoms with van der Waals surface area (Å²) < 4.78 is 18.8. The van der Waals surface area contributed by atoms with E-state index in [1.807, 2.05) is 30.3 Å². The number of hydrogen-bond acceptors (Lipinski definition) is 3. The average Bonchev–Trinajstić information content (AvgIpc) is 2.55. The van der Waals surface area contributed by atoms with Gasteiger partial charge < -0.3 is 14.7 Å². The van der Waals surface area contributed by atoms with Crippen molar-refractivity contribution in [3.8, 4) is 0 Å². The van der Waals surface area contributed by atoms with Crippen LogP contribution in [0.3, 0.4) is 0 Å². The highest BCUT2D eigenvalue weighted by Crippen LogP contribution is 2.17. The molecule has 0 aliphatic carbocycles. The van der Waals surface area contributed by atoms with Crippen molar-refractivity contribution in [3.05, 3.63) is 71.0 Å². The molecule has 2 aromatic rings. The number of rotatable bonds is 7. The van der Waals surface area contributed by atoms with Gasteiger partial charge in [0.25, 0.3) is 5.91 Å². The molecular formula is C20H24FNO3. The largest absolute Gasteiger partial charge is 0.389 e. The molecule has 1 amide bonds. The first-order valence-electron chi connectivity index (χ1n) is 8.13. The summed E-state index contributed by atoms with van der Waals surface area (Å²) in [5, 5.41) is 10.2. The summed E-state index contributed by atoms with van der Waals surface area (Å²) in [6.45, 7) is 3.92. The number of amides is 1. The second kappa shape index (κ2) is 8.23. The summed E-state index contributed by atoms with van der Waals surface area (Å²) in [6, 6.07) is 13.8. The van der Waals surface area contributed by atoms with Gasteiger partial charge in [-0.1, -0.05) is 30.3 Å². The molecule has 0 saturated carbocycles. The number of hydrogen-bond donors (Lipinski definition) is 1. The van der Waals surface area contributed by atoms with Crippen LogP contribution in [0.1, 0.15) is 35.3 Å². The topological polar surface area (TPSA) is 49.8 Å². The Labute approximate surface area is 147 Å².